The third kappa shape index (κ3) is 5.13. The molecule has 2 amide bonds. The summed E-state index contributed by atoms with van der Waals surface area (Å²) in [7, 11) is 0. The Hall–Kier alpha value is -1.76. The summed E-state index contributed by atoms with van der Waals surface area (Å²) >= 11 is 0. The van der Waals surface area contributed by atoms with Crippen molar-refractivity contribution in [1.29, 1.82) is 0 Å². The van der Waals surface area contributed by atoms with Crippen LogP contribution in [0.4, 0.5) is 18.0 Å². The number of rotatable bonds is 3. The molecule has 0 spiro atoms. The van der Waals surface area contributed by atoms with Gasteiger partial charge in [0.05, 0.1) is 17.7 Å². The Morgan fingerprint density at radius 3 is 2.52 bits per heavy atom. The third-order valence-electron chi connectivity index (χ3n) is 4.09. The Morgan fingerprint density at radius 2 is 1.91 bits per heavy atom. The second kappa shape index (κ2) is 7.21. The first-order valence-corrected chi connectivity index (χ1v) is 7.68. The molecule has 1 fully saturated rings. The maximum atomic E-state index is 12.7. The molecule has 1 saturated carbocycles. The van der Waals surface area contributed by atoms with Gasteiger partial charge in [-0.15, -0.1) is 0 Å². The van der Waals surface area contributed by atoms with Gasteiger partial charge in [-0.25, -0.2) is 4.79 Å². The summed E-state index contributed by atoms with van der Waals surface area (Å²) in [4.78, 5) is 12.0. The van der Waals surface area contributed by atoms with E-state index in [0.717, 1.165) is 12.1 Å². The molecule has 0 radical (unpaired) electrons. The number of urea groups is 1. The van der Waals surface area contributed by atoms with E-state index < -0.39 is 23.8 Å². The number of aliphatic hydroxyl groups is 1. The molecule has 1 aromatic carbocycles. The van der Waals surface area contributed by atoms with E-state index in [4.69, 9.17) is 0 Å². The molecule has 128 valence electrons. The number of carbonyl (C=O) groups excluding carboxylic acids is 1. The predicted molar refractivity (Wildman–Crippen MR) is 79.8 cm³/mol. The van der Waals surface area contributed by atoms with Crippen molar-refractivity contribution in [2.75, 3.05) is 0 Å². The number of aliphatic hydroxyl groups excluding tert-OH is 1. The third-order valence-corrected chi connectivity index (χ3v) is 4.09. The molecule has 1 atom stereocenters. The lowest BCUT2D eigenvalue weighted by molar-refractivity contribution is -0.137. The molecule has 1 unspecified atom stereocenters. The standard InChI is InChI=1S/C16H21F3N2O2/c1-10(11-3-2-4-12(9-11)16(17,18)19)20-15(23)21-13-5-7-14(22)8-6-13/h2-4,9-10,13-14,22H,5-8H2,1H3,(H2,20,21,23). The van der Waals surface area contributed by atoms with E-state index in [1.807, 2.05) is 0 Å². The van der Waals surface area contributed by atoms with Crippen LogP contribution in [0, 0.1) is 0 Å². The maximum absolute atomic E-state index is 12.7. The molecule has 0 aliphatic heterocycles. The average molecular weight is 330 g/mol. The number of hydrogen-bond donors (Lipinski definition) is 3. The van der Waals surface area contributed by atoms with Crippen LogP contribution in [0.25, 0.3) is 0 Å². The van der Waals surface area contributed by atoms with Gasteiger partial charge in [0.2, 0.25) is 0 Å². The quantitative estimate of drug-likeness (QED) is 0.796. The summed E-state index contributed by atoms with van der Waals surface area (Å²) in [6.45, 7) is 1.64. The molecule has 23 heavy (non-hydrogen) atoms. The van der Waals surface area contributed by atoms with Gasteiger partial charge in [-0.3, -0.25) is 0 Å². The van der Waals surface area contributed by atoms with Crippen LogP contribution in [-0.2, 0) is 6.18 Å². The highest BCUT2D eigenvalue weighted by molar-refractivity contribution is 5.74. The van der Waals surface area contributed by atoms with Crippen LogP contribution in [0.5, 0.6) is 0 Å². The lowest BCUT2D eigenvalue weighted by Gasteiger charge is -2.27. The number of hydrogen-bond acceptors (Lipinski definition) is 2. The van der Waals surface area contributed by atoms with E-state index in [9.17, 15) is 23.1 Å². The van der Waals surface area contributed by atoms with Gasteiger partial charge in [0, 0.05) is 6.04 Å². The Labute approximate surface area is 133 Å². The molecule has 4 nitrogen and oxygen atoms in total. The molecule has 1 aliphatic rings. The second-order valence-electron chi connectivity index (χ2n) is 5.97. The molecule has 0 heterocycles. The molecule has 2 rings (SSSR count). The van der Waals surface area contributed by atoms with Gasteiger partial charge in [0.15, 0.2) is 0 Å². The summed E-state index contributed by atoms with van der Waals surface area (Å²) < 4.78 is 38.1. The van der Waals surface area contributed by atoms with E-state index in [0.29, 0.717) is 31.2 Å². The predicted octanol–water partition coefficient (Wildman–Crippen LogP) is 3.37. The first kappa shape index (κ1) is 17.6. The van der Waals surface area contributed by atoms with E-state index >= 15 is 0 Å². The Morgan fingerprint density at radius 1 is 1.26 bits per heavy atom. The van der Waals surface area contributed by atoms with Crippen molar-refractivity contribution in [3.63, 3.8) is 0 Å². The summed E-state index contributed by atoms with van der Waals surface area (Å²) in [5, 5.41) is 14.9. The fourth-order valence-electron chi connectivity index (χ4n) is 2.71. The maximum Gasteiger partial charge on any atom is 0.416 e. The fraction of sp³-hybridized carbons (Fsp3) is 0.562. The van der Waals surface area contributed by atoms with Crippen LogP contribution in [0.2, 0.25) is 0 Å². The highest BCUT2D eigenvalue weighted by Crippen LogP contribution is 2.30. The molecule has 1 aromatic rings. The van der Waals surface area contributed by atoms with Crippen molar-refractivity contribution < 1.29 is 23.1 Å². The number of carbonyl (C=O) groups is 1. The topological polar surface area (TPSA) is 61.4 Å². The largest absolute Gasteiger partial charge is 0.416 e. The van der Waals surface area contributed by atoms with Crippen LogP contribution >= 0.6 is 0 Å². The molecule has 3 N–H and O–H groups in total. The summed E-state index contributed by atoms with van der Waals surface area (Å²) in [6, 6.07) is 3.98. The summed E-state index contributed by atoms with van der Waals surface area (Å²) in [5.74, 6) is 0. The van der Waals surface area contributed by atoms with Crippen LogP contribution in [-0.4, -0.2) is 23.3 Å². The van der Waals surface area contributed by atoms with Gasteiger partial charge in [-0.1, -0.05) is 12.1 Å². The van der Waals surface area contributed by atoms with Crippen molar-refractivity contribution in [3.8, 4) is 0 Å². The molecule has 0 saturated heterocycles. The lowest BCUT2D eigenvalue weighted by atomic mass is 9.93. The first-order valence-electron chi connectivity index (χ1n) is 7.68. The fourth-order valence-corrected chi connectivity index (χ4v) is 2.71. The minimum atomic E-state index is -4.40. The number of amides is 2. The SMILES string of the molecule is CC(NC(=O)NC1CCC(O)CC1)c1cccc(C(F)(F)F)c1. The average Bonchev–Trinajstić information content (AvgIpc) is 2.49. The van der Waals surface area contributed by atoms with Gasteiger partial charge in [0.25, 0.3) is 0 Å². The number of alkyl halides is 3. The minimum absolute atomic E-state index is 0.00731. The molecular weight excluding hydrogens is 309 g/mol. The van der Waals surface area contributed by atoms with Gasteiger partial charge >= 0.3 is 12.2 Å². The van der Waals surface area contributed by atoms with Crippen molar-refractivity contribution in [3.05, 3.63) is 35.4 Å². The van der Waals surface area contributed by atoms with Crippen molar-refractivity contribution in [2.24, 2.45) is 0 Å². The molecular formula is C16H21F3N2O2. The molecule has 7 heteroatoms. The van der Waals surface area contributed by atoms with Crippen molar-refractivity contribution >= 4 is 6.03 Å². The second-order valence-corrected chi connectivity index (χ2v) is 5.97. The zero-order valence-electron chi connectivity index (χ0n) is 12.9. The Kier molecular flexibility index (Phi) is 5.51. The molecule has 0 bridgehead atoms. The molecule has 1 aliphatic carbocycles. The van der Waals surface area contributed by atoms with Crippen LogP contribution in [0.3, 0.4) is 0 Å². The summed E-state index contributed by atoms with van der Waals surface area (Å²) in [5.41, 5.74) is -0.334. The first-order chi connectivity index (χ1) is 10.8. The Bertz CT molecular complexity index is 540. The van der Waals surface area contributed by atoms with E-state index in [1.54, 1.807) is 13.0 Å². The zero-order valence-corrected chi connectivity index (χ0v) is 12.9. The highest BCUT2D eigenvalue weighted by Gasteiger charge is 2.30. The van der Waals surface area contributed by atoms with E-state index in [2.05, 4.69) is 10.6 Å². The smallest absolute Gasteiger partial charge is 0.393 e. The van der Waals surface area contributed by atoms with Gasteiger partial charge in [-0.2, -0.15) is 13.2 Å². The normalized spacial score (nSPS) is 23.2. The van der Waals surface area contributed by atoms with Crippen molar-refractivity contribution in [2.45, 2.75) is 57.0 Å². The Balaban J connectivity index is 1.91. The number of nitrogens with one attached hydrogen (secondary N) is 2. The van der Waals surface area contributed by atoms with Gasteiger partial charge in [0.1, 0.15) is 0 Å². The summed E-state index contributed by atoms with van der Waals surface area (Å²) in [6.07, 6.45) is -2.01. The highest BCUT2D eigenvalue weighted by atomic mass is 19.4. The van der Waals surface area contributed by atoms with Crippen molar-refractivity contribution in [1.82, 2.24) is 10.6 Å². The van der Waals surface area contributed by atoms with Gasteiger partial charge < -0.3 is 15.7 Å². The van der Waals surface area contributed by atoms with Crippen LogP contribution in [0.1, 0.15) is 49.8 Å². The van der Waals surface area contributed by atoms with E-state index in [-0.39, 0.29) is 12.1 Å². The van der Waals surface area contributed by atoms with E-state index in [1.165, 1.54) is 6.07 Å². The minimum Gasteiger partial charge on any atom is -0.393 e. The monoisotopic (exact) mass is 330 g/mol. The zero-order chi connectivity index (χ0) is 17.0. The molecule has 0 aromatic heterocycles. The number of halogens is 3. The van der Waals surface area contributed by atoms with Crippen LogP contribution < -0.4 is 10.6 Å². The van der Waals surface area contributed by atoms with Gasteiger partial charge in [-0.05, 0) is 50.3 Å². The number of benzene rings is 1. The lowest BCUT2D eigenvalue weighted by Crippen LogP contribution is -2.44. The van der Waals surface area contributed by atoms with Crippen LogP contribution in [0.15, 0.2) is 24.3 Å².